The van der Waals surface area contributed by atoms with E-state index in [1.807, 2.05) is 11.0 Å². The Morgan fingerprint density at radius 1 is 0.738 bits per heavy atom. The van der Waals surface area contributed by atoms with Gasteiger partial charge in [-0.25, -0.2) is 4.79 Å². The third-order valence-electron chi connectivity index (χ3n) is 6.24. The molecule has 1 atom stereocenters. The van der Waals surface area contributed by atoms with Gasteiger partial charge in [0.1, 0.15) is 18.1 Å². The fourth-order valence-corrected chi connectivity index (χ4v) is 4.08. The average Bonchev–Trinajstić information content (AvgIpc) is 2.98. The van der Waals surface area contributed by atoms with E-state index >= 15 is 0 Å². The zero-order chi connectivity index (χ0) is 30.7. The van der Waals surface area contributed by atoms with Crippen molar-refractivity contribution in [2.45, 2.75) is 6.41 Å². The summed E-state index contributed by atoms with van der Waals surface area (Å²) in [5, 5.41) is 52.2. The maximum absolute atomic E-state index is 12.3. The summed E-state index contributed by atoms with van der Waals surface area (Å²) in [6.07, 6.45) is -1.98. The fraction of sp³-hybridized carbons (Fsp3) is 0.536. The first-order valence-corrected chi connectivity index (χ1v) is 13.6. The smallest absolute Gasteiger partial charge is 0.411 e. The Balaban J connectivity index is 2.00. The van der Waals surface area contributed by atoms with Crippen LogP contribution in [0, 0.1) is 0 Å². The molecule has 0 heterocycles. The van der Waals surface area contributed by atoms with Crippen molar-refractivity contribution < 1.29 is 49.3 Å². The van der Waals surface area contributed by atoms with Crippen LogP contribution in [0.2, 0.25) is 0 Å². The van der Waals surface area contributed by atoms with Crippen LogP contribution in [0.25, 0.3) is 11.1 Å². The number of methoxy groups -OCH3 is 2. The van der Waals surface area contributed by atoms with E-state index in [0.29, 0.717) is 62.1 Å². The zero-order valence-electron chi connectivity index (χ0n) is 24.2. The molecule has 236 valence electrons. The summed E-state index contributed by atoms with van der Waals surface area (Å²) in [4.78, 5) is 15.9. The molecule has 0 aliphatic heterocycles. The summed E-state index contributed by atoms with van der Waals surface area (Å²) in [6.45, 7) is 2.38. The third kappa shape index (κ3) is 12.0. The first-order valence-electron chi connectivity index (χ1n) is 13.6. The maximum atomic E-state index is 12.3. The van der Waals surface area contributed by atoms with E-state index in [-0.39, 0.29) is 39.6 Å². The number of aliphatic hydroxyl groups is 5. The zero-order valence-corrected chi connectivity index (χ0v) is 24.2. The maximum Gasteiger partial charge on any atom is 0.411 e. The Kier molecular flexibility index (Phi) is 16.5. The van der Waals surface area contributed by atoms with Gasteiger partial charge in [-0.1, -0.05) is 12.1 Å². The van der Waals surface area contributed by atoms with Gasteiger partial charge >= 0.3 is 6.09 Å². The Labute approximate surface area is 246 Å². The van der Waals surface area contributed by atoms with Gasteiger partial charge in [-0.3, -0.25) is 15.1 Å². The van der Waals surface area contributed by atoms with Gasteiger partial charge in [-0.05, 0) is 35.4 Å². The Hall–Kier alpha value is -3.21. The molecule has 2 rings (SSSR count). The third-order valence-corrected chi connectivity index (χ3v) is 6.24. The summed E-state index contributed by atoms with van der Waals surface area (Å²) >= 11 is 0. The summed E-state index contributed by atoms with van der Waals surface area (Å²) in [7, 11) is 2.99. The minimum absolute atomic E-state index is 0.0412. The van der Waals surface area contributed by atoms with Gasteiger partial charge in [0.15, 0.2) is 0 Å². The SMILES string of the molecule is COc1cc(-c2ccc(NC(O)OCCN(CCO)CCO)c(OC)c2)ccc1NC(=O)OCCN(CCO)CCO. The van der Waals surface area contributed by atoms with Crippen LogP contribution in [0.15, 0.2) is 36.4 Å². The van der Waals surface area contributed by atoms with E-state index in [1.165, 1.54) is 14.2 Å². The summed E-state index contributed by atoms with van der Waals surface area (Å²) in [5.74, 6) is 0.867. The number of anilines is 2. The van der Waals surface area contributed by atoms with E-state index in [0.717, 1.165) is 11.1 Å². The molecule has 42 heavy (non-hydrogen) atoms. The van der Waals surface area contributed by atoms with Crippen molar-refractivity contribution in [3.05, 3.63) is 36.4 Å². The number of aliphatic hydroxyl groups excluding tert-OH is 5. The topological polar surface area (TPSA) is 186 Å². The van der Waals surface area contributed by atoms with Crippen molar-refractivity contribution in [2.75, 3.05) is 104 Å². The minimum Gasteiger partial charge on any atom is -0.495 e. The number of ether oxygens (including phenoxy) is 4. The van der Waals surface area contributed by atoms with Crippen molar-refractivity contribution in [1.29, 1.82) is 0 Å². The molecule has 0 spiro atoms. The van der Waals surface area contributed by atoms with Crippen molar-refractivity contribution in [2.24, 2.45) is 0 Å². The molecule has 0 aliphatic carbocycles. The lowest BCUT2D eigenvalue weighted by Gasteiger charge is -2.22. The number of carbonyl (C=O) groups excluding carboxylic acids is 1. The fourth-order valence-electron chi connectivity index (χ4n) is 4.08. The van der Waals surface area contributed by atoms with Crippen LogP contribution in [-0.2, 0) is 9.47 Å². The lowest BCUT2D eigenvalue weighted by molar-refractivity contribution is -0.0835. The molecule has 0 aliphatic rings. The highest BCUT2D eigenvalue weighted by Gasteiger charge is 2.14. The van der Waals surface area contributed by atoms with Gasteiger partial charge in [0.05, 0.1) is 58.6 Å². The lowest BCUT2D eigenvalue weighted by atomic mass is 10.0. The molecule has 0 aromatic heterocycles. The quantitative estimate of drug-likeness (QED) is 0.0970. The van der Waals surface area contributed by atoms with Gasteiger partial charge < -0.3 is 49.8 Å². The first kappa shape index (κ1) is 35.0. The van der Waals surface area contributed by atoms with E-state index in [9.17, 15) is 9.90 Å². The highest BCUT2D eigenvalue weighted by atomic mass is 16.6. The van der Waals surface area contributed by atoms with Gasteiger partial charge in [0.2, 0.25) is 6.41 Å². The molecule has 7 N–H and O–H groups in total. The molecule has 1 unspecified atom stereocenters. The predicted molar refractivity (Wildman–Crippen MR) is 157 cm³/mol. The normalized spacial score (nSPS) is 11.9. The predicted octanol–water partition coefficient (Wildman–Crippen LogP) is 0.197. The van der Waals surface area contributed by atoms with Gasteiger partial charge in [-0.15, -0.1) is 0 Å². The first-order chi connectivity index (χ1) is 20.4. The molecule has 14 heteroatoms. The second-order valence-corrected chi connectivity index (χ2v) is 9.04. The minimum atomic E-state index is -1.31. The number of amides is 1. The van der Waals surface area contributed by atoms with Crippen LogP contribution in [0.5, 0.6) is 11.5 Å². The molecule has 1 amide bonds. The van der Waals surface area contributed by atoms with E-state index < -0.39 is 12.5 Å². The molecule has 2 aromatic carbocycles. The van der Waals surface area contributed by atoms with Crippen molar-refractivity contribution in [3.63, 3.8) is 0 Å². The van der Waals surface area contributed by atoms with Crippen molar-refractivity contribution >= 4 is 17.5 Å². The molecule has 0 bridgehead atoms. The highest BCUT2D eigenvalue weighted by Crippen LogP contribution is 2.35. The highest BCUT2D eigenvalue weighted by molar-refractivity contribution is 5.88. The number of rotatable bonds is 21. The van der Waals surface area contributed by atoms with E-state index in [4.69, 9.17) is 39.4 Å². The Morgan fingerprint density at radius 2 is 1.21 bits per heavy atom. The van der Waals surface area contributed by atoms with E-state index in [1.54, 1.807) is 35.2 Å². The lowest BCUT2D eigenvalue weighted by Crippen LogP contribution is -2.34. The average molecular weight is 597 g/mol. The van der Waals surface area contributed by atoms with Gasteiger partial charge in [-0.2, -0.15) is 0 Å². The second-order valence-electron chi connectivity index (χ2n) is 9.04. The summed E-state index contributed by atoms with van der Waals surface area (Å²) in [6, 6.07) is 10.6. The molecule has 0 radical (unpaired) electrons. The number of hydrogen-bond acceptors (Lipinski definition) is 13. The van der Waals surface area contributed by atoms with Crippen LogP contribution in [0.4, 0.5) is 16.2 Å². The summed E-state index contributed by atoms with van der Waals surface area (Å²) in [5.41, 5.74) is 2.48. The number of nitrogens with one attached hydrogen (secondary N) is 2. The van der Waals surface area contributed by atoms with Gasteiger partial charge in [0, 0.05) is 39.3 Å². The second kappa shape index (κ2) is 19.8. The van der Waals surface area contributed by atoms with Gasteiger partial charge in [0.25, 0.3) is 0 Å². The van der Waals surface area contributed by atoms with Crippen molar-refractivity contribution in [1.82, 2.24) is 9.80 Å². The molecular weight excluding hydrogens is 552 g/mol. The number of carbonyl (C=O) groups is 1. The Morgan fingerprint density at radius 3 is 1.71 bits per heavy atom. The monoisotopic (exact) mass is 596 g/mol. The molecule has 0 saturated heterocycles. The number of benzene rings is 2. The van der Waals surface area contributed by atoms with Crippen LogP contribution < -0.4 is 20.1 Å². The molecule has 0 fully saturated rings. The molecule has 0 saturated carbocycles. The largest absolute Gasteiger partial charge is 0.495 e. The number of hydrogen-bond donors (Lipinski definition) is 7. The standard InChI is InChI=1S/C28H44N4O10/c1-39-25-19-21(3-5-23(25)29-27(37)41-17-11-31(7-13-33)8-14-34)22-4-6-24(26(20-22)40-2)30-28(38)42-18-12-32(9-15-35)10-16-36/h3-6,19-20,27,29,33-37H,7-18H2,1-2H3,(H,30,38). The van der Waals surface area contributed by atoms with Crippen LogP contribution in [0.3, 0.4) is 0 Å². The van der Waals surface area contributed by atoms with Crippen LogP contribution in [-0.4, -0.2) is 141 Å². The number of nitrogens with zero attached hydrogens (tertiary/aromatic N) is 2. The Bertz CT molecular complexity index is 1050. The van der Waals surface area contributed by atoms with E-state index in [2.05, 4.69) is 10.6 Å². The van der Waals surface area contributed by atoms with Crippen molar-refractivity contribution in [3.8, 4) is 22.6 Å². The van der Waals surface area contributed by atoms with Crippen LogP contribution in [0.1, 0.15) is 0 Å². The molecule has 14 nitrogen and oxygen atoms in total. The molecular formula is C28H44N4O10. The molecule has 2 aromatic rings. The van der Waals surface area contributed by atoms with Crippen LogP contribution >= 0.6 is 0 Å². The summed E-state index contributed by atoms with van der Waals surface area (Å²) < 4.78 is 21.6.